The van der Waals surface area contributed by atoms with Crippen LogP contribution in [-0.2, 0) is 10.0 Å². The van der Waals surface area contributed by atoms with Gasteiger partial charge >= 0.3 is 0 Å². The van der Waals surface area contributed by atoms with E-state index in [2.05, 4.69) is 9.71 Å². The molecule has 0 amide bonds. The lowest BCUT2D eigenvalue weighted by Gasteiger charge is -2.54. The molecule has 6 heteroatoms. The number of hydrogen-bond donors (Lipinski definition) is 1. The third kappa shape index (κ3) is 2.49. The van der Waals surface area contributed by atoms with E-state index in [1.807, 2.05) is 0 Å². The molecule has 1 aromatic heterocycles. The van der Waals surface area contributed by atoms with E-state index in [-0.39, 0.29) is 10.9 Å². The number of pyridine rings is 1. The molecule has 0 aliphatic heterocycles. The van der Waals surface area contributed by atoms with Crippen molar-refractivity contribution in [3.63, 3.8) is 0 Å². The van der Waals surface area contributed by atoms with Gasteiger partial charge in [0.1, 0.15) is 10.0 Å². The van der Waals surface area contributed by atoms with Gasteiger partial charge in [0.25, 0.3) is 0 Å². The van der Waals surface area contributed by atoms with Crippen LogP contribution in [-0.4, -0.2) is 19.4 Å². The summed E-state index contributed by atoms with van der Waals surface area (Å²) in [6.07, 6.45) is 7.48. The van der Waals surface area contributed by atoms with E-state index in [1.165, 1.54) is 50.4 Å². The standard InChI is InChI=1S/C15H19ClN2O2S/c16-14-2-1-13(8-17-14)21(19,20)18-15-11-4-9-3-10(6-11)7-12(15)5-9/h1-2,8-12,15,18H,3-7H2. The first kappa shape index (κ1) is 14.0. The van der Waals surface area contributed by atoms with Crippen molar-refractivity contribution in [3.8, 4) is 0 Å². The highest BCUT2D eigenvalue weighted by atomic mass is 35.5. The molecule has 0 aromatic carbocycles. The first-order valence-electron chi connectivity index (χ1n) is 7.65. The average molecular weight is 327 g/mol. The lowest BCUT2D eigenvalue weighted by Crippen LogP contribution is -2.55. The summed E-state index contributed by atoms with van der Waals surface area (Å²) in [7, 11) is -3.49. The fourth-order valence-corrected chi connectivity index (χ4v) is 6.32. The molecule has 4 nitrogen and oxygen atoms in total. The van der Waals surface area contributed by atoms with E-state index in [9.17, 15) is 8.42 Å². The maximum Gasteiger partial charge on any atom is 0.242 e. The molecule has 4 aliphatic rings. The lowest BCUT2D eigenvalue weighted by atomic mass is 9.54. The molecular formula is C15H19ClN2O2S. The Labute approximate surface area is 130 Å². The molecule has 4 saturated carbocycles. The number of nitrogens with zero attached hydrogens (tertiary/aromatic N) is 1. The lowest BCUT2D eigenvalue weighted by molar-refractivity contribution is -0.00557. The van der Waals surface area contributed by atoms with Crippen molar-refractivity contribution in [3.05, 3.63) is 23.5 Å². The van der Waals surface area contributed by atoms with Crippen LogP contribution in [0, 0.1) is 23.7 Å². The van der Waals surface area contributed by atoms with Gasteiger partial charge in [-0.3, -0.25) is 0 Å². The average Bonchev–Trinajstić information content (AvgIpc) is 2.42. The highest BCUT2D eigenvalue weighted by Gasteiger charge is 2.49. The van der Waals surface area contributed by atoms with Crippen LogP contribution in [0.4, 0.5) is 0 Å². The van der Waals surface area contributed by atoms with Crippen LogP contribution in [0.3, 0.4) is 0 Å². The van der Waals surface area contributed by atoms with Crippen LogP contribution in [0.15, 0.2) is 23.2 Å². The van der Waals surface area contributed by atoms with Gasteiger partial charge in [-0.15, -0.1) is 0 Å². The predicted molar refractivity (Wildman–Crippen MR) is 80.4 cm³/mol. The van der Waals surface area contributed by atoms with Gasteiger partial charge in [-0.25, -0.2) is 18.1 Å². The summed E-state index contributed by atoms with van der Waals surface area (Å²) in [5.41, 5.74) is 0. The van der Waals surface area contributed by atoms with Gasteiger partial charge in [0.2, 0.25) is 10.0 Å². The number of sulfonamides is 1. The minimum Gasteiger partial charge on any atom is -0.243 e. The van der Waals surface area contributed by atoms with Gasteiger partial charge in [0.05, 0.1) is 0 Å². The molecule has 0 radical (unpaired) electrons. The van der Waals surface area contributed by atoms with Gasteiger partial charge in [-0.05, 0) is 67.9 Å². The van der Waals surface area contributed by atoms with Crippen molar-refractivity contribution >= 4 is 21.6 Å². The second-order valence-corrected chi connectivity index (χ2v) is 9.00. The smallest absolute Gasteiger partial charge is 0.242 e. The van der Waals surface area contributed by atoms with Gasteiger partial charge in [0, 0.05) is 12.2 Å². The third-order valence-electron chi connectivity index (χ3n) is 5.53. The summed E-state index contributed by atoms with van der Waals surface area (Å²) < 4.78 is 28.0. The Kier molecular flexibility index (Phi) is 3.28. The summed E-state index contributed by atoms with van der Waals surface area (Å²) in [6, 6.07) is 3.15. The summed E-state index contributed by atoms with van der Waals surface area (Å²) >= 11 is 5.73. The van der Waals surface area contributed by atoms with Crippen LogP contribution < -0.4 is 4.72 Å². The number of aromatic nitrogens is 1. The quantitative estimate of drug-likeness (QED) is 0.869. The van der Waals surface area contributed by atoms with E-state index in [0.29, 0.717) is 17.0 Å². The summed E-state index contributed by atoms with van der Waals surface area (Å²) in [5, 5.41) is 0.309. The maximum atomic E-state index is 12.5. The van der Waals surface area contributed by atoms with Crippen LogP contribution in [0.5, 0.6) is 0 Å². The highest BCUT2D eigenvalue weighted by Crippen LogP contribution is 2.53. The zero-order valence-electron chi connectivity index (χ0n) is 11.7. The molecule has 1 heterocycles. The second kappa shape index (κ2) is 4.93. The topological polar surface area (TPSA) is 59.1 Å². The van der Waals surface area contributed by atoms with Crippen molar-refractivity contribution in [1.82, 2.24) is 9.71 Å². The normalized spacial score (nSPS) is 37.9. The van der Waals surface area contributed by atoms with Crippen molar-refractivity contribution in [2.24, 2.45) is 23.7 Å². The molecule has 0 spiro atoms. The second-order valence-electron chi connectivity index (χ2n) is 6.89. The third-order valence-corrected chi connectivity index (χ3v) is 7.20. The van der Waals surface area contributed by atoms with E-state index < -0.39 is 10.0 Å². The molecule has 114 valence electrons. The highest BCUT2D eigenvalue weighted by molar-refractivity contribution is 7.89. The zero-order chi connectivity index (χ0) is 14.6. The molecular weight excluding hydrogens is 308 g/mol. The molecule has 0 saturated heterocycles. The molecule has 0 unspecified atom stereocenters. The SMILES string of the molecule is O=S(=O)(NC1C2CC3CC(C2)CC1C3)c1ccc(Cl)nc1. The van der Waals surface area contributed by atoms with Crippen LogP contribution >= 0.6 is 11.6 Å². The van der Waals surface area contributed by atoms with Gasteiger partial charge in [-0.1, -0.05) is 11.6 Å². The van der Waals surface area contributed by atoms with Crippen LogP contribution in [0.2, 0.25) is 5.15 Å². The zero-order valence-corrected chi connectivity index (χ0v) is 13.3. The Morgan fingerprint density at radius 3 is 2.19 bits per heavy atom. The molecule has 4 bridgehead atoms. The van der Waals surface area contributed by atoms with Gasteiger partial charge < -0.3 is 0 Å². The molecule has 4 fully saturated rings. The Morgan fingerprint density at radius 1 is 1.05 bits per heavy atom. The van der Waals surface area contributed by atoms with E-state index in [0.717, 1.165) is 11.8 Å². The Balaban J connectivity index is 1.56. The largest absolute Gasteiger partial charge is 0.243 e. The molecule has 21 heavy (non-hydrogen) atoms. The van der Waals surface area contributed by atoms with E-state index >= 15 is 0 Å². The first-order valence-corrected chi connectivity index (χ1v) is 9.51. The summed E-state index contributed by atoms with van der Waals surface area (Å²) in [5.74, 6) is 2.73. The van der Waals surface area contributed by atoms with Gasteiger partial charge in [0.15, 0.2) is 0 Å². The molecule has 1 aromatic rings. The fourth-order valence-electron chi connectivity index (χ4n) is 4.89. The number of rotatable bonds is 3. The Bertz CT molecular complexity index is 616. The summed E-state index contributed by atoms with van der Waals surface area (Å²) in [4.78, 5) is 4.09. The monoisotopic (exact) mass is 326 g/mol. The van der Waals surface area contributed by atoms with Crippen molar-refractivity contribution in [2.45, 2.75) is 43.0 Å². The number of nitrogens with one attached hydrogen (secondary N) is 1. The molecule has 0 atom stereocenters. The van der Waals surface area contributed by atoms with Crippen LogP contribution in [0.25, 0.3) is 0 Å². The Morgan fingerprint density at radius 2 is 1.67 bits per heavy atom. The molecule has 5 rings (SSSR count). The summed E-state index contributed by atoms with van der Waals surface area (Å²) in [6.45, 7) is 0. The minimum absolute atomic E-state index is 0.110. The maximum absolute atomic E-state index is 12.5. The molecule has 4 aliphatic carbocycles. The van der Waals surface area contributed by atoms with E-state index in [4.69, 9.17) is 11.6 Å². The first-order chi connectivity index (χ1) is 10.0. The fraction of sp³-hybridized carbons (Fsp3) is 0.667. The Hall–Kier alpha value is -0.650. The van der Waals surface area contributed by atoms with Crippen molar-refractivity contribution in [1.29, 1.82) is 0 Å². The molecule has 1 N–H and O–H groups in total. The predicted octanol–water partition coefficient (Wildman–Crippen LogP) is 2.84. The number of halogens is 1. The van der Waals surface area contributed by atoms with Crippen LogP contribution in [0.1, 0.15) is 32.1 Å². The number of hydrogen-bond acceptors (Lipinski definition) is 3. The van der Waals surface area contributed by atoms with Crippen molar-refractivity contribution < 1.29 is 8.42 Å². The minimum atomic E-state index is -3.49. The van der Waals surface area contributed by atoms with Crippen molar-refractivity contribution in [2.75, 3.05) is 0 Å². The van der Waals surface area contributed by atoms with Gasteiger partial charge in [-0.2, -0.15) is 0 Å². The van der Waals surface area contributed by atoms with E-state index in [1.54, 1.807) is 0 Å².